The molecule has 1 heterocycles. The highest BCUT2D eigenvalue weighted by Gasteiger charge is 2.33. The van der Waals surface area contributed by atoms with Gasteiger partial charge in [0.25, 0.3) is 0 Å². The number of carbonyl (C=O) groups excluding carboxylic acids is 1. The first-order valence-corrected chi connectivity index (χ1v) is 7.30. The fourth-order valence-corrected chi connectivity index (χ4v) is 2.66. The zero-order chi connectivity index (χ0) is 16.0. The van der Waals surface area contributed by atoms with E-state index in [9.17, 15) is 18.0 Å². The van der Waals surface area contributed by atoms with Crippen LogP contribution in [0.25, 0.3) is 0 Å². The standard InChI is InChI=1S/C14H25F3N2O2/c1-10(2)11-6-12(18-9-14(15,16)17)8-19(7-11)5-4-13(20)21-3/h10-12,18H,4-9H2,1-3H3. The number of esters is 1. The molecule has 1 rings (SSSR count). The number of halogens is 3. The molecule has 0 spiro atoms. The van der Waals surface area contributed by atoms with Gasteiger partial charge in [-0.3, -0.25) is 4.79 Å². The van der Waals surface area contributed by atoms with Crippen LogP contribution in [0.15, 0.2) is 0 Å². The number of likely N-dealkylation sites (tertiary alicyclic amines) is 1. The third-order valence-electron chi connectivity index (χ3n) is 3.95. The van der Waals surface area contributed by atoms with Crippen LogP contribution in [0, 0.1) is 11.8 Å². The summed E-state index contributed by atoms with van der Waals surface area (Å²) in [6.07, 6.45) is -3.18. The van der Waals surface area contributed by atoms with Gasteiger partial charge in [0.05, 0.1) is 20.1 Å². The molecule has 2 atom stereocenters. The Morgan fingerprint density at radius 2 is 2.05 bits per heavy atom. The molecule has 1 aliphatic heterocycles. The van der Waals surface area contributed by atoms with Crippen molar-refractivity contribution in [2.45, 2.75) is 38.9 Å². The van der Waals surface area contributed by atoms with Crippen molar-refractivity contribution in [1.29, 1.82) is 0 Å². The predicted molar refractivity (Wildman–Crippen MR) is 73.9 cm³/mol. The van der Waals surface area contributed by atoms with Gasteiger partial charge in [-0.2, -0.15) is 13.2 Å². The number of piperidine rings is 1. The first-order valence-electron chi connectivity index (χ1n) is 7.30. The molecule has 1 fully saturated rings. The SMILES string of the molecule is COC(=O)CCN1CC(NCC(F)(F)F)CC(C(C)C)C1. The zero-order valence-electron chi connectivity index (χ0n) is 12.9. The molecule has 0 radical (unpaired) electrons. The molecule has 1 saturated heterocycles. The molecule has 7 heteroatoms. The van der Waals surface area contributed by atoms with Gasteiger partial charge in [-0.15, -0.1) is 0 Å². The van der Waals surface area contributed by atoms with Gasteiger partial charge < -0.3 is 15.0 Å². The van der Waals surface area contributed by atoms with Gasteiger partial charge in [0.1, 0.15) is 0 Å². The number of alkyl halides is 3. The molecule has 124 valence electrons. The Morgan fingerprint density at radius 3 is 2.57 bits per heavy atom. The second-order valence-electron chi connectivity index (χ2n) is 6.02. The molecular formula is C14H25F3N2O2. The second kappa shape index (κ2) is 7.98. The van der Waals surface area contributed by atoms with E-state index in [1.54, 1.807) is 0 Å². The Hall–Kier alpha value is -0.820. The first kappa shape index (κ1) is 18.2. The Labute approximate surface area is 124 Å². The van der Waals surface area contributed by atoms with Gasteiger partial charge in [0.15, 0.2) is 0 Å². The number of methoxy groups -OCH3 is 1. The van der Waals surface area contributed by atoms with Crippen molar-refractivity contribution in [2.24, 2.45) is 11.8 Å². The maximum atomic E-state index is 12.3. The maximum Gasteiger partial charge on any atom is 0.401 e. The minimum absolute atomic E-state index is 0.189. The van der Waals surface area contributed by atoms with Gasteiger partial charge in [-0.05, 0) is 18.3 Å². The first-order chi connectivity index (χ1) is 9.71. The molecule has 1 aliphatic rings. The highest BCUT2D eigenvalue weighted by atomic mass is 19.4. The lowest BCUT2D eigenvalue weighted by atomic mass is 9.85. The van der Waals surface area contributed by atoms with Crippen molar-refractivity contribution in [3.8, 4) is 0 Å². The third-order valence-corrected chi connectivity index (χ3v) is 3.95. The lowest BCUT2D eigenvalue weighted by Crippen LogP contribution is -2.52. The van der Waals surface area contributed by atoms with Crippen LogP contribution in [0.2, 0.25) is 0 Å². The number of nitrogens with zero attached hydrogens (tertiary/aromatic N) is 1. The van der Waals surface area contributed by atoms with Crippen LogP contribution in [0.1, 0.15) is 26.7 Å². The van der Waals surface area contributed by atoms with Gasteiger partial charge in [0, 0.05) is 25.7 Å². The summed E-state index contributed by atoms with van der Waals surface area (Å²) in [4.78, 5) is 13.2. The number of nitrogens with one attached hydrogen (secondary N) is 1. The summed E-state index contributed by atoms with van der Waals surface area (Å²) < 4.78 is 41.6. The van der Waals surface area contributed by atoms with Crippen molar-refractivity contribution in [3.05, 3.63) is 0 Å². The van der Waals surface area contributed by atoms with Gasteiger partial charge >= 0.3 is 12.1 Å². The topological polar surface area (TPSA) is 41.6 Å². The summed E-state index contributed by atoms with van der Waals surface area (Å²) in [5.41, 5.74) is 0. The van der Waals surface area contributed by atoms with E-state index in [2.05, 4.69) is 28.8 Å². The Morgan fingerprint density at radius 1 is 1.38 bits per heavy atom. The predicted octanol–water partition coefficient (Wildman–Crippen LogP) is 2.05. The van der Waals surface area contributed by atoms with E-state index in [1.165, 1.54) is 7.11 Å². The molecule has 0 aromatic carbocycles. The Kier molecular flexibility index (Phi) is 6.93. The normalized spacial score (nSPS) is 24.3. The molecule has 1 N–H and O–H groups in total. The number of hydrogen-bond donors (Lipinski definition) is 1. The quantitative estimate of drug-likeness (QED) is 0.763. The van der Waals surface area contributed by atoms with E-state index in [1.807, 2.05) is 0 Å². The minimum Gasteiger partial charge on any atom is -0.469 e. The molecule has 0 aromatic rings. The summed E-state index contributed by atoms with van der Waals surface area (Å²) in [6, 6.07) is -0.189. The fraction of sp³-hybridized carbons (Fsp3) is 0.929. The summed E-state index contributed by atoms with van der Waals surface area (Å²) in [5, 5.41) is 2.60. The van der Waals surface area contributed by atoms with Crippen LogP contribution in [-0.2, 0) is 9.53 Å². The molecule has 0 aromatic heterocycles. The van der Waals surface area contributed by atoms with Crippen molar-refractivity contribution >= 4 is 5.97 Å². The van der Waals surface area contributed by atoms with E-state index in [-0.39, 0.29) is 18.4 Å². The van der Waals surface area contributed by atoms with Crippen LogP contribution in [-0.4, -0.2) is 56.4 Å². The van der Waals surface area contributed by atoms with Crippen LogP contribution in [0.4, 0.5) is 13.2 Å². The van der Waals surface area contributed by atoms with Crippen molar-refractivity contribution in [2.75, 3.05) is 33.3 Å². The molecule has 0 saturated carbocycles. The smallest absolute Gasteiger partial charge is 0.401 e. The van der Waals surface area contributed by atoms with Crippen molar-refractivity contribution in [1.82, 2.24) is 10.2 Å². The lowest BCUT2D eigenvalue weighted by molar-refractivity contribution is -0.141. The zero-order valence-corrected chi connectivity index (χ0v) is 12.9. The molecule has 0 amide bonds. The average Bonchev–Trinajstić information content (AvgIpc) is 2.41. The number of ether oxygens (including phenoxy) is 1. The molecule has 4 nitrogen and oxygen atoms in total. The van der Waals surface area contributed by atoms with E-state index in [0.717, 1.165) is 13.0 Å². The Bertz CT molecular complexity index is 335. The number of hydrogen-bond acceptors (Lipinski definition) is 4. The second-order valence-corrected chi connectivity index (χ2v) is 6.02. The molecule has 2 unspecified atom stereocenters. The van der Waals surface area contributed by atoms with Crippen molar-refractivity contribution in [3.63, 3.8) is 0 Å². The van der Waals surface area contributed by atoms with Gasteiger partial charge in [-0.25, -0.2) is 0 Å². The average molecular weight is 310 g/mol. The van der Waals surface area contributed by atoms with Crippen LogP contribution in [0.3, 0.4) is 0 Å². The summed E-state index contributed by atoms with van der Waals surface area (Å²) >= 11 is 0. The molecular weight excluding hydrogens is 285 g/mol. The van der Waals surface area contributed by atoms with Crippen LogP contribution in [0.5, 0.6) is 0 Å². The summed E-state index contributed by atoms with van der Waals surface area (Å²) in [5.74, 6) is 0.449. The third kappa shape index (κ3) is 7.13. The Balaban J connectivity index is 2.53. The van der Waals surface area contributed by atoms with E-state index >= 15 is 0 Å². The van der Waals surface area contributed by atoms with E-state index < -0.39 is 12.7 Å². The number of carbonyl (C=O) groups is 1. The highest BCUT2D eigenvalue weighted by molar-refractivity contribution is 5.69. The lowest BCUT2D eigenvalue weighted by Gasteiger charge is -2.40. The molecule has 21 heavy (non-hydrogen) atoms. The maximum absolute atomic E-state index is 12.3. The van der Waals surface area contributed by atoms with E-state index in [0.29, 0.717) is 24.9 Å². The van der Waals surface area contributed by atoms with Gasteiger partial charge in [-0.1, -0.05) is 13.8 Å². The van der Waals surface area contributed by atoms with Crippen molar-refractivity contribution < 1.29 is 22.7 Å². The fourth-order valence-electron chi connectivity index (χ4n) is 2.66. The van der Waals surface area contributed by atoms with Gasteiger partial charge in [0.2, 0.25) is 0 Å². The summed E-state index contributed by atoms with van der Waals surface area (Å²) in [6.45, 7) is 5.08. The summed E-state index contributed by atoms with van der Waals surface area (Å²) in [7, 11) is 1.34. The van der Waals surface area contributed by atoms with E-state index in [4.69, 9.17) is 0 Å². The van der Waals surface area contributed by atoms with Crippen LogP contribution < -0.4 is 5.32 Å². The molecule has 0 aliphatic carbocycles. The molecule has 0 bridgehead atoms. The minimum atomic E-state index is -4.19. The van der Waals surface area contributed by atoms with Crippen LogP contribution >= 0.6 is 0 Å². The number of rotatable bonds is 6. The monoisotopic (exact) mass is 310 g/mol. The highest BCUT2D eigenvalue weighted by Crippen LogP contribution is 2.24. The largest absolute Gasteiger partial charge is 0.469 e.